The maximum atomic E-state index is 13.3. The number of halogens is 1. The summed E-state index contributed by atoms with van der Waals surface area (Å²) in [6.07, 6.45) is 2.35. The molecule has 0 aromatic heterocycles. The van der Waals surface area contributed by atoms with Crippen molar-refractivity contribution in [1.82, 2.24) is 5.32 Å². The summed E-state index contributed by atoms with van der Waals surface area (Å²) in [5.74, 6) is 0.0523. The summed E-state index contributed by atoms with van der Waals surface area (Å²) in [4.78, 5) is 0. The maximum Gasteiger partial charge on any atom is 0.165 e. The first kappa shape index (κ1) is 13.0. The maximum absolute atomic E-state index is 13.3. The molecule has 2 nitrogen and oxygen atoms in total. The highest BCUT2D eigenvalue weighted by atomic mass is 19.1. The molecule has 3 heteroatoms. The third-order valence-electron chi connectivity index (χ3n) is 2.33. The van der Waals surface area contributed by atoms with E-state index < -0.39 is 0 Å². The van der Waals surface area contributed by atoms with Crippen LogP contribution in [0.2, 0.25) is 0 Å². The van der Waals surface area contributed by atoms with Gasteiger partial charge in [0.1, 0.15) is 6.61 Å². The van der Waals surface area contributed by atoms with Crippen LogP contribution < -0.4 is 10.1 Å². The molecule has 1 N–H and O–H groups in total. The van der Waals surface area contributed by atoms with Crippen molar-refractivity contribution in [3.05, 3.63) is 29.6 Å². The molecule has 0 spiro atoms. The Kier molecular flexibility index (Phi) is 5.86. The number of nitrogens with one attached hydrogen (secondary N) is 1. The lowest BCUT2D eigenvalue weighted by Gasteiger charge is -2.08. The Labute approximate surface area is 96.8 Å². The van der Waals surface area contributed by atoms with Crippen LogP contribution in [-0.2, 0) is 0 Å². The predicted octanol–water partition coefficient (Wildman–Crippen LogP) is 2.90. The van der Waals surface area contributed by atoms with Gasteiger partial charge in [0.05, 0.1) is 0 Å². The summed E-state index contributed by atoms with van der Waals surface area (Å²) in [7, 11) is 0. The van der Waals surface area contributed by atoms with Gasteiger partial charge in [-0.05, 0) is 37.6 Å². The normalized spacial score (nSPS) is 10.4. The number of unbranched alkanes of at least 4 members (excludes halogenated alkanes) is 1. The Bertz CT molecular complexity index is 315. The summed E-state index contributed by atoms with van der Waals surface area (Å²) in [6.45, 7) is 6.33. The number of ether oxygens (including phenoxy) is 1. The van der Waals surface area contributed by atoms with Crippen LogP contribution in [0.5, 0.6) is 5.75 Å². The van der Waals surface area contributed by atoms with Gasteiger partial charge in [0.2, 0.25) is 0 Å². The van der Waals surface area contributed by atoms with Crippen molar-refractivity contribution >= 4 is 0 Å². The van der Waals surface area contributed by atoms with Crippen molar-refractivity contribution in [1.29, 1.82) is 0 Å². The number of benzene rings is 1. The highest BCUT2D eigenvalue weighted by molar-refractivity contribution is 5.29. The Morgan fingerprint density at radius 1 is 1.31 bits per heavy atom. The molecule has 0 aliphatic heterocycles. The largest absolute Gasteiger partial charge is 0.489 e. The van der Waals surface area contributed by atoms with Gasteiger partial charge >= 0.3 is 0 Å². The molecule has 90 valence electrons. The van der Waals surface area contributed by atoms with Crippen molar-refractivity contribution in [2.75, 3.05) is 19.7 Å². The van der Waals surface area contributed by atoms with E-state index in [2.05, 4.69) is 12.2 Å². The monoisotopic (exact) mass is 225 g/mol. The Morgan fingerprint density at radius 3 is 2.88 bits per heavy atom. The van der Waals surface area contributed by atoms with Gasteiger partial charge in [0, 0.05) is 6.54 Å². The van der Waals surface area contributed by atoms with E-state index in [1.165, 1.54) is 18.9 Å². The van der Waals surface area contributed by atoms with Crippen molar-refractivity contribution in [3.8, 4) is 5.75 Å². The minimum atomic E-state index is -0.292. The minimum absolute atomic E-state index is 0.292. The first-order valence-electron chi connectivity index (χ1n) is 5.83. The summed E-state index contributed by atoms with van der Waals surface area (Å²) in [5.41, 5.74) is 1.01. The summed E-state index contributed by atoms with van der Waals surface area (Å²) in [6, 6.07) is 4.90. The second-order valence-electron chi connectivity index (χ2n) is 3.89. The highest BCUT2D eigenvalue weighted by Gasteiger charge is 2.02. The lowest BCUT2D eigenvalue weighted by Crippen LogP contribution is -2.22. The van der Waals surface area contributed by atoms with Gasteiger partial charge in [-0.15, -0.1) is 0 Å². The average Bonchev–Trinajstić information content (AvgIpc) is 2.28. The van der Waals surface area contributed by atoms with E-state index in [0.29, 0.717) is 12.4 Å². The third kappa shape index (κ3) is 4.62. The first-order chi connectivity index (χ1) is 7.74. The van der Waals surface area contributed by atoms with Gasteiger partial charge < -0.3 is 10.1 Å². The smallest absolute Gasteiger partial charge is 0.165 e. The lowest BCUT2D eigenvalue weighted by molar-refractivity contribution is 0.298. The van der Waals surface area contributed by atoms with Gasteiger partial charge in [-0.2, -0.15) is 0 Å². The summed E-state index contributed by atoms with van der Waals surface area (Å²) < 4.78 is 18.6. The molecule has 1 aromatic rings. The fourth-order valence-corrected chi connectivity index (χ4v) is 1.38. The van der Waals surface area contributed by atoms with E-state index in [4.69, 9.17) is 4.74 Å². The molecule has 16 heavy (non-hydrogen) atoms. The SMILES string of the molecule is CCCCNCCOc1cc(C)ccc1F. The standard InChI is InChI=1S/C13H20FNO/c1-3-4-7-15-8-9-16-13-10-11(2)5-6-12(13)14/h5-6,10,15H,3-4,7-9H2,1-2H3. The molecule has 0 fully saturated rings. The molecule has 0 atom stereocenters. The van der Waals surface area contributed by atoms with Crippen molar-refractivity contribution < 1.29 is 9.13 Å². The van der Waals surface area contributed by atoms with E-state index in [1.807, 2.05) is 6.92 Å². The zero-order valence-electron chi connectivity index (χ0n) is 10.1. The molecule has 0 amide bonds. The van der Waals surface area contributed by atoms with Gasteiger partial charge in [-0.3, -0.25) is 0 Å². The zero-order valence-corrected chi connectivity index (χ0v) is 10.1. The van der Waals surface area contributed by atoms with Gasteiger partial charge in [0.15, 0.2) is 11.6 Å². The fourth-order valence-electron chi connectivity index (χ4n) is 1.38. The molecule has 0 aliphatic rings. The molecule has 0 bridgehead atoms. The van der Waals surface area contributed by atoms with Crippen molar-refractivity contribution in [3.63, 3.8) is 0 Å². The Hall–Kier alpha value is -1.09. The van der Waals surface area contributed by atoms with E-state index in [1.54, 1.807) is 12.1 Å². The molecular weight excluding hydrogens is 205 g/mol. The van der Waals surface area contributed by atoms with Crippen LogP contribution >= 0.6 is 0 Å². The van der Waals surface area contributed by atoms with E-state index in [-0.39, 0.29) is 5.82 Å². The minimum Gasteiger partial charge on any atom is -0.489 e. The van der Waals surface area contributed by atoms with Crippen LogP contribution in [0.3, 0.4) is 0 Å². The van der Waals surface area contributed by atoms with Crippen LogP contribution in [0.25, 0.3) is 0 Å². The van der Waals surface area contributed by atoms with Crippen molar-refractivity contribution in [2.45, 2.75) is 26.7 Å². The molecule has 0 saturated heterocycles. The molecule has 0 unspecified atom stereocenters. The number of aryl methyl sites for hydroxylation is 1. The summed E-state index contributed by atoms with van der Waals surface area (Å²) in [5, 5.41) is 3.24. The van der Waals surface area contributed by atoms with Crippen LogP contribution in [0, 0.1) is 12.7 Å². The average molecular weight is 225 g/mol. The first-order valence-corrected chi connectivity index (χ1v) is 5.83. The Morgan fingerprint density at radius 2 is 2.12 bits per heavy atom. The topological polar surface area (TPSA) is 21.3 Å². The summed E-state index contributed by atoms with van der Waals surface area (Å²) >= 11 is 0. The second kappa shape index (κ2) is 7.23. The fraction of sp³-hybridized carbons (Fsp3) is 0.538. The van der Waals surface area contributed by atoms with Gasteiger partial charge in [-0.1, -0.05) is 19.4 Å². The quantitative estimate of drug-likeness (QED) is 0.720. The molecule has 1 aromatic carbocycles. The number of rotatable bonds is 7. The van der Waals surface area contributed by atoms with Crippen LogP contribution in [0.1, 0.15) is 25.3 Å². The van der Waals surface area contributed by atoms with Gasteiger partial charge in [-0.25, -0.2) is 4.39 Å². The van der Waals surface area contributed by atoms with Crippen LogP contribution in [0.4, 0.5) is 4.39 Å². The zero-order chi connectivity index (χ0) is 11.8. The van der Waals surface area contributed by atoms with E-state index in [0.717, 1.165) is 18.7 Å². The molecule has 0 aliphatic carbocycles. The van der Waals surface area contributed by atoms with Crippen LogP contribution in [-0.4, -0.2) is 19.7 Å². The highest BCUT2D eigenvalue weighted by Crippen LogP contribution is 2.17. The third-order valence-corrected chi connectivity index (χ3v) is 2.33. The van der Waals surface area contributed by atoms with E-state index >= 15 is 0 Å². The molecule has 0 heterocycles. The predicted molar refractivity (Wildman–Crippen MR) is 64.4 cm³/mol. The lowest BCUT2D eigenvalue weighted by atomic mass is 10.2. The Balaban J connectivity index is 2.23. The number of hydrogen-bond donors (Lipinski definition) is 1. The number of hydrogen-bond acceptors (Lipinski definition) is 2. The molecule has 0 radical (unpaired) electrons. The molecule has 1 rings (SSSR count). The second-order valence-corrected chi connectivity index (χ2v) is 3.89. The van der Waals surface area contributed by atoms with E-state index in [9.17, 15) is 4.39 Å². The van der Waals surface area contributed by atoms with Crippen LogP contribution in [0.15, 0.2) is 18.2 Å². The van der Waals surface area contributed by atoms with Gasteiger partial charge in [0.25, 0.3) is 0 Å². The molecule has 0 saturated carbocycles. The van der Waals surface area contributed by atoms with Crippen molar-refractivity contribution in [2.24, 2.45) is 0 Å². The molecular formula is C13H20FNO.